The van der Waals surface area contributed by atoms with Gasteiger partial charge in [0.2, 0.25) is 5.91 Å². The minimum Gasteiger partial charge on any atom is -0.508 e. The summed E-state index contributed by atoms with van der Waals surface area (Å²) in [6.45, 7) is 4.84. The molecule has 0 radical (unpaired) electrons. The summed E-state index contributed by atoms with van der Waals surface area (Å²) < 4.78 is 7.41. The Morgan fingerprint density at radius 3 is 2.72 bits per heavy atom. The number of rotatable bonds is 6. The molecule has 0 aliphatic heterocycles. The Hall–Kier alpha value is -3.02. The lowest BCUT2D eigenvalue weighted by molar-refractivity contribution is -0.116. The van der Waals surface area contributed by atoms with Gasteiger partial charge in [0.25, 0.3) is 0 Å². The molecule has 0 unspecified atom stereocenters. The lowest BCUT2D eigenvalue weighted by Crippen LogP contribution is -2.12. The van der Waals surface area contributed by atoms with Gasteiger partial charge >= 0.3 is 0 Å². The van der Waals surface area contributed by atoms with Crippen LogP contribution in [-0.4, -0.2) is 20.7 Å². The van der Waals surface area contributed by atoms with Gasteiger partial charge in [0, 0.05) is 42.9 Å². The molecule has 1 aromatic carbocycles. The number of anilines is 1. The Bertz CT molecular complexity index is 862. The molecule has 0 bridgehead atoms. The average molecular weight is 339 g/mol. The summed E-state index contributed by atoms with van der Waals surface area (Å²) in [4.78, 5) is 12.1. The van der Waals surface area contributed by atoms with Crippen LogP contribution in [0, 0.1) is 6.92 Å². The fourth-order valence-electron chi connectivity index (χ4n) is 2.65. The molecule has 25 heavy (non-hydrogen) atoms. The van der Waals surface area contributed by atoms with Crippen molar-refractivity contribution in [2.24, 2.45) is 0 Å². The van der Waals surface area contributed by atoms with Gasteiger partial charge in [0.1, 0.15) is 17.2 Å². The Morgan fingerprint density at radius 2 is 2.04 bits per heavy atom. The molecule has 3 rings (SSSR count). The first-order valence-corrected chi connectivity index (χ1v) is 8.27. The highest BCUT2D eigenvalue weighted by molar-refractivity contribution is 5.90. The number of aromatic hydroxyl groups is 1. The smallest absolute Gasteiger partial charge is 0.224 e. The highest BCUT2D eigenvalue weighted by Gasteiger charge is 2.15. The topological polar surface area (TPSA) is 80.3 Å². The van der Waals surface area contributed by atoms with E-state index in [2.05, 4.69) is 10.5 Å². The largest absolute Gasteiger partial charge is 0.508 e. The van der Waals surface area contributed by atoms with E-state index in [9.17, 15) is 9.90 Å². The molecule has 2 heterocycles. The highest BCUT2D eigenvalue weighted by Crippen LogP contribution is 2.26. The third kappa shape index (κ3) is 3.91. The standard InChI is InChI=1S/C19H21N3O3/c1-3-22-11-10-15(12-22)20-18(24)9-8-17-13(2)19(21-25-17)14-4-6-16(23)7-5-14/h4-7,10-12,23H,3,8-9H2,1-2H3,(H,20,24). The molecular weight excluding hydrogens is 318 g/mol. The molecule has 6 nitrogen and oxygen atoms in total. The van der Waals surface area contributed by atoms with Gasteiger partial charge in [-0.15, -0.1) is 0 Å². The molecule has 6 heteroatoms. The summed E-state index contributed by atoms with van der Waals surface area (Å²) in [5.74, 6) is 0.846. The molecule has 0 saturated heterocycles. The molecule has 0 saturated carbocycles. The Labute approximate surface area is 146 Å². The summed E-state index contributed by atoms with van der Waals surface area (Å²) in [7, 11) is 0. The number of aromatic nitrogens is 2. The fraction of sp³-hybridized carbons (Fsp3) is 0.263. The van der Waals surface area contributed by atoms with Crippen molar-refractivity contribution in [2.75, 3.05) is 5.32 Å². The molecule has 3 aromatic rings. The zero-order chi connectivity index (χ0) is 17.8. The number of phenolic OH excluding ortho intramolecular Hbond substituents is 1. The normalized spacial score (nSPS) is 10.8. The van der Waals surface area contributed by atoms with Crippen LogP contribution in [0.15, 0.2) is 47.2 Å². The van der Waals surface area contributed by atoms with Gasteiger partial charge in [0.05, 0.1) is 5.69 Å². The van der Waals surface area contributed by atoms with Gasteiger partial charge in [-0.25, -0.2) is 0 Å². The molecule has 2 aromatic heterocycles. The van der Waals surface area contributed by atoms with E-state index in [4.69, 9.17) is 4.52 Å². The molecule has 0 fully saturated rings. The van der Waals surface area contributed by atoms with E-state index in [1.54, 1.807) is 24.3 Å². The monoisotopic (exact) mass is 339 g/mol. The number of phenols is 1. The Morgan fingerprint density at radius 1 is 1.28 bits per heavy atom. The number of carbonyl (C=O) groups is 1. The molecular formula is C19H21N3O3. The quantitative estimate of drug-likeness (QED) is 0.717. The molecule has 0 aliphatic rings. The van der Waals surface area contributed by atoms with E-state index >= 15 is 0 Å². The number of hydrogen-bond acceptors (Lipinski definition) is 4. The fourth-order valence-corrected chi connectivity index (χ4v) is 2.65. The maximum Gasteiger partial charge on any atom is 0.224 e. The van der Waals surface area contributed by atoms with Gasteiger partial charge in [-0.3, -0.25) is 4.79 Å². The van der Waals surface area contributed by atoms with Crippen molar-refractivity contribution in [3.8, 4) is 17.0 Å². The minimum atomic E-state index is -0.0594. The third-order valence-electron chi connectivity index (χ3n) is 4.14. The van der Waals surface area contributed by atoms with Crippen molar-refractivity contribution in [1.82, 2.24) is 9.72 Å². The van der Waals surface area contributed by atoms with Crippen molar-refractivity contribution in [3.63, 3.8) is 0 Å². The number of benzene rings is 1. The van der Waals surface area contributed by atoms with Crippen molar-refractivity contribution < 1.29 is 14.4 Å². The zero-order valence-corrected chi connectivity index (χ0v) is 14.3. The molecule has 130 valence electrons. The summed E-state index contributed by atoms with van der Waals surface area (Å²) in [6, 6.07) is 8.67. The predicted octanol–water partition coefficient (Wildman–Crippen LogP) is 3.75. The van der Waals surface area contributed by atoms with Crippen LogP contribution in [0.3, 0.4) is 0 Å². The number of nitrogens with zero attached hydrogens (tertiary/aromatic N) is 2. The van der Waals surface area contributed by atoms with Gasteiger partial charge < -0.3 is 19.5 Å². The Kier molecular flexibility index (Phi) is 4.88. The van der Waals surface area contributed by atoms with Crippen LogP contribution >= 0.6 is 0 Å². The number of amides is 1. The second-order valence-corrected chi connectivity index (χ2v) is 5.91. The van der Waals surface area contributed by atoms with Crippen molar-refractivity contribution in [2.45, 2.75) is 33.2 Å². The first kappa shape index (κ1) is 16.8. The maximum absolute atomic E-state index is 12.1. The second-order valence-electron chi connectivity index (χ2n) is 5.91. The number of carbonyl (C=O) groups excluding carboxylic acids is 1. The maximum atomic E-state index is 12.1. The van der Waals surface area contributed by atoms with Crippen LogP contribution in [0.4, 0.5) is 5.69 Å². The van der Waals surface area contributed by atoms with E-state index in [1.807, 2.05) is 36.9 Å². The molecule has 2 N–H and O–H groups in total. The predicted molar refractivity (Wildman–Crippen MR) is 95.4 cm³/mol. The molecule has 0 atom stereocenters. The summed E-state index contributed by atoms with van der Waals surface area (Å²) in [5, 5.41) is 16.4. The molecule has 0 spiro atoms. The first-order chi connectivity index (χ1) is 12.1. The van der Waals surface area contributed by atoms with Crippen LogP contribution < -0.4 is 5.32 Å². The van der Waals surface area contributed by atoms with Crippen molar-refractivity contribution >= 4 is 11.6 Å². The van der Waals surface area contributed by atoms with E-state index in [-0.39, 0.29) is 11.7 Å². The van der Waals surface area contributed by atoms with Crippen molar-refractivity contribution in [1.29, 1.82) is 0 Å². The van der Waals surface area contributed by atoms with E-state index in [0.717, 1.165) is 29.1 Å². The average Bonchev–Trinajstić information content (AvgIpc) is 3.20. The number of aryl methyl sites for hydroxylation is 2. The Balaban J connectivity index is 1.61. The van der Waals surface area contributed by atoms with Gasteiger partial charge in [-0.1, -0.05) is 5.16 Å². The highest BCUT2D eigenvalue weighted by atomic mass is 16.5. The van der Waals surface area contributed by atoms with Crippen LogP contribution in [0.2, 0.25) is 0 Å². The van der Waals surface area contributed by atoms with Crippen LogP contribution in [0.5, 0.6) is 5.75 Å². The lowest BCUT2D eigenvalue weighted by atomic mass is 10.1. The molecule has 1 amide bonds. The molecule has 0 aliphatic carbocycles. The van der Waals surface area contributed by atoms with E-state index < -0.39 is 0 Å². The summed E-state index contributed by atoms with van der Waals surface area (Å²) in [5.41, 5.74) is 3.31. The van der Waals surface area contributed by atoms with Gasteiger partial charge in [-0.2, -0.15) is 0 Å². The van der Waals surface area contributed by atoms with Gasteiger partial charge in [-0.05, 0) is 44.2 Å². The minimum absolute atomic E-state index is 0.0594. The van der Waals surface area contributed by atoms with Crippen LogP contribution in [0.1, 0.15) is 24.7 Å². The second kappa shape index (κ2) is 7.25. The lowest BCUT2D eigenvalue weighted by Gasteiger charge is -2.02. The first-order valence-electron chi connectivity index (χ1n) is 8.27. The van der Waals surface area contributed by atoms with E-state index in [0.29, 0.717) is 18.6 Å². The number of hydrogen-bond donors (Lipinski definition) is 2. The van der Waals surface area contributed by atoms with Crippen LogP contribution in [0.25, 0.3) is 11.3 Å². The zero-order valence-electron chi connectivity index (χ0n) is 14.3. The number of nitrogens with one attached hydrogen (secondary N) is 1. The van der Waals surface area contributed by atoms with Crippen LogP contribution in [-0.2, 0) is 17.8 Å². The third-order valence-corrected chi connectivity index (χ3v) is 4.14. The summed E-state index contributed by atoms with van der Waals surface area (Å²) >= 11 is 0. The summed E-state index contributed by atoms with van der Waals surface area (Å²) in [6.07, 6.45) is 4.64. The SMILES string of the molecule is CCn1ccc(NC(=O)CCc2onc(-c3ccc(O)cc3)c2C)c1. The van der Waals surface area contributed by atoms with Crippen molar-refractivity contribution in [3.05, 3.63) is 54.0 Å². The van der Waals surface area contributed by atoms with E-state index in [1.165, 1.54) is 0 Å². The van der Waals surface area contributed by atoms with Gasteiger partial charge in [0.15, 0.2) is 0 Å².